The lowest BCUT2D eigenvalue weighted by Crippen LogP contribution is -2.53. The van der Waals surface area contributed by atoms with Crippen molar-refractivity contribution in [3.63, 3.8) is 0 Å². The van der Waals surface area contributed by atoms with Gasteiger partial charge in [0.2, 0.25) is 0 Å². The van der Waals surface area contributed by atoms with Gasteiger partial charge in [0.15, 0.2) is 0 Å². The molecule has 0 saturated carbocycles. The Morgan fingerprint density at radius 2 is 1.64 bits per heavy atom. The number of phenolic OH excluding ortho intramolecular Hbond substituents is 1. The number of aromatic hydroxyl groups is 1. The highest BCUT2D eigenvalue weighted by atomic mass is 16.3. The van der Waals surface area contributed by atoms with Gasteiger partial charge in [0.1, 0.15) is 11.5 Å². The first-order chi connectivity index (χ1) is 12.9. The third kappa shape index (κ3) is 5.12. The first-order valence-electron chi connectivity index (χ1n) is 9.88. The van der Waals surface area contributed by atoms with E-state index in [4.69, 9.17) is 0 Å². The van der Waals surface area contributed by atoms with Crippen LogP contribution in [0, 0.1) is 10.8 Å². The molecule has 0 aromatic heterocycles. The molecule has 0 bridgehead atoms. The quantitative estimate of drug-likeness (QED) is 0.843. The van der Waals surface area contributed by atoms with Crippen LogP contribution in [0.5, 0.6) is 5.75 Å². The zero-order valence-electron chi connectivity index (χ0n) is 17.6. The Hall–Kier alpha value is -2.37. The van der Waals surface area contributed by atoms with E-state index in [0.717, 1.165) is 19.3 Å². The minimum Gasteiger partial charge on any atom is -0.508 e. The number of imide groups is 1. The van der Waals surface area contributed by atoms with Crippen molar-refractivity contribution in [1.29, 1.82) is 0 Å². The predicted molar refractivity (Wildman–Crippen MR) is 108 cm³/mol. The molecule has 3 amide bonds. The molecule has 0 radical (unpaired) electrons. The van der Waals surface area contributed by atoms with Crippen LogP contribution in [0.2, 0.25) is 0 Å². The van der Waals surface area contributed by atoms with Gasteiger partial charge in [-0.1, -0.05) is 40.7 Å². The first kappa shape index (κ1) is 21.9. The zero-order valence-corrected chi connectivity index (χ0v) is 17.6. The molecule has 0 atom stereocenters. The Morgan fingerprint density at radius 1 is 1.04 bits per heavy atom. The van der Waals surface area contributed by atoms with E-state index in [9.17, 15) is 19.5 Å². The Bertz CT molecular complexity index is 743. The van der Waals surface area contributed by atoms with Crippen molar-refractivity contribution in [2.45, 2.75) is 53.9 Å². The molecule has 2 rings (SSSR count). The molecule has 1 aliphatic heterocycles. The minimum atomic E-state index is -0.893. The third-order valence-corrected chi connectivity index (χ3v) is 5.05. The second-order valence-electron chi connectivity index (χ2n) is 9.23. The highest BCUT2D eigenvalue weighted by Crippen LogP contribution is 2.31. The minimum absolute atomic E-state index is 0.00702. The molecule has 1 aliphatic rings. The normalized spacial score (nSPS) is 15.2. The van der Waals surface area contributed by atoms with E-state index < -0.39 is 16.7 Å². The number of ketones is 1. The standard InChI is InChI=1S/C22H32N2O4/c1-21(2,3)19(27)22(4,5)15-24(20(28)23-12-7-6-8-13-23)18(26)16-10-9-11-17(25)14-16/h9-11,14,25H,6-8,12-13,15H2,1-5H3. The van der Waals surface area contributed by atoms with E-state index in [1.54, 1.807) is 30.9 Å². The van der Waals surface area contributed by atoms with Gasteiger partial charge in [0.25, 0.3) is 5.91 Å². The van der Waals surface area contributed by atoms with Gasteiger partial charge in [-0.15, -0.1) is 0 Å². The summed E-state index contributed by atoms with van der Waals surface area (Å²) in [6.07, 6.45) is 2.88. The van der Waals surface area contributed by atoms with Crippen LogP contribution in [0.4, 0.5) is 4.79 Å². The van der Waals surface area contributed by atoms with Crippen LogP contribution in [-0.2, 0) is 4.79 Å². The first-order valence-corrected chi connectivity index (χ1v) is 9.88. The van der Waals surface area contributed by atoms with Crippen LogP contribution in [-0.4, -0.2) is 52.3 Å². The maximum Gasteiger partial charge on any atom is 0.326 e. The van der Waals surface area contributed by atoms with Gasteiger partial charge in [0.05, 0.1) is 0 Å². The number of hydrogen-bond acceptors (Lipinski definition) is 4. The van der Waals surface area contributed by atoms with Crippen molar-refractivity contribution in [2.75, 3.05) is 19.6 Å². The summed E-state index contributed by atoms with van der Waals surface area (Å²) in [7, 11) is 0. The number of hydrogen-bond donors (Lipinski definition) is 1. The van der Waals surface area contributed by atoms with E-state index >= 15 is 0 Å². The number of Topliss-reactive ketones (excluding diaryl/α,β-unsaturated/α-hetero) is 1. The fourth-order valence-corrected chi connectivity index (χ4v) is 3.76. The number of rotatable bonds is 4. The van der Waals surface area contributed by atoms with Crippen molar-refractivity contribution in [2.24, 2.45) is 10.8 Å². The third-order valence-electron chi connectivity index (χ3n) is 5.05. The molecule has 1 heterocycles. The Morgan fingerprint density at radius 3 is 2.18 bits per heavy atom. The summed E-state index contributed by atoms with van der Waals surface area (Å²) in [5, 5.41) is 9.74. The fourth-order valence-electron chi connectivity index (χ4n) is 3.76. The molecule has 0 aliphatic carbocycles. The van der Waals surface area contributed by atoms with Gasteiger partial charge in [-0.05, 0) is 37.5 Å². The van der Waals surface area contributed by atoms with Gasteiger partial charge in [-0.3, -0.25) is 14.5 Å². The molecule has 28 heavy (non-hydrogen) atoms. The maximum absolute atomic E-state index is 13.2. The monoisotopic (exact) mass is 388 g/mol. The van der Waals surface area contributed by atoms with Crippen molar-refractivity contribution in [3.8, 4) is 5.75 Å². The number of carbonyl (C=O) groups excluding carboxylic acids is 3. The Labute approximate surface area is 167 Å². The molecule has 0 spiro atoms. The zero-order chi connectivity index (χ0) is 21.1. The molecule has 1 N–H and O–H groups in total. The number of nitrogens with zero attached hydrogens (tertiary/aromatic N) is 2. The number of phenols is 1. The van der Waals surface area contributed by atoms with E-state index in [-0.39, 0.29) is 29.7 Å². The number of carbonyl (C=O) groups is 3. The van der Waals surface area contributed by atoms with Gasteiger partial charge in [0, 0.05) is 36.0 Å². The molecule has 0 unspecified atom stereocenters. The fraction of sp³-hybridized carbons (Fsp3) is 0.591. The SMILES string of the molecule is CC(C)(C)C(=O)C(C)(C)CN(C(=O)c1cccc(O)c1)C(=O)N1CCCCC1. The van der Waals surface area contributed by atoms with Crippen LogP contribution in [0.15, 0.2) is 24.3 Å². The summed E-state index contributed by atoms with van der Waals surface area (Å²) >= 11 is 0. The summed E-state index contributed by atoms with van der Waals surface area (Å²) < 4.78 is 0. The predicted octanol–water partition coefficient (Wildman–Crippen LogP) is 4.08. The number of piperidine rings is 1. The average Bonchev–Trinajstić information content (AvgIpc) is 2.64. The lowest BCUT2D eigenvalue weighted by atomic mass is 9.74. The highest BCUT2D eigenvalue weighted by Gasteiger charge is 2.41. The topological polar surface area (TPSA) is 77.9 Å². The Kier molecular flexibility index (Phi) is 6.52. The lowest BCUT2D eigenvalue weighted by Gasteiger charge is -2.37. The van der Waals surface area contributed by atoms with Crippen molar-refractivity contribution in [1.82, 2.24) is 9.80 Å². The van der Waals surface area contributed by atoms with E-state index in [2.05, 4.69) is 0 Å². The van der Waals surface area contributed by atoms with E-state index in [1.807, 2.05) is 20.8 Å². The summed E-state index contributed by atoms with van der Waals surface area (Å²) in [5.41, 5.74) is -1.25. The van der Waals surface area contributed by atoms with Crippen molar-refractivity contribution < 1.29 is 19.5 Å². The van der Waals surface area contributed by atoms with Crippen molar-refractivity contribution in [3.05, 3.63) is 29.8 Å². The van der Waals surface area contributed by atoms with Crippen LogP contribution >= 0.6 is 0 Å². The van der Waals surface area contributed by atoms with Crippen LogP contribution in [0.25, 0.3) is 0 Å². The molecule has 1 aromatic carbocycles. The molecular formula is C22H32N2O4. The largest absolute Gasteiger partial charge is 0.508 e. The summed E-state index contributed by atoms with van der Waals surface area (Å²) in [6, 6.07) is 5.58. The maximum atomic E-state index is 13.2. The summed E-state index contributed by atoms with van der Waals surface area (Å²) in [6.45, 7) is 10.3. The second kappa shape index (κ2) is 8.33. The molecular weight excluding hydrogens is 356 g/mol. The number of urea groups is 1. The number of likely N-dealkylation sites (tertiary alicyclic amines) is 1. The summed E-state index contributed by atoms with van der Waals surface area (Å²) in [5.74, 6) is -0.553. The second-order valence-corrected chi connectivity index (χ2v) is 9.23. The summed E-state index contributed by atoms with van der Waals surface area (Å²) in [4.78, 5) is 42.2. The number of amides is 3. The van der Waals surface area contributed by atoms with E-state index in [1.165, 1.54) is 17.0 Å². The van der Waals surface area contributed by atoms with Crippen molar-refractivity contribution >= 4 is 17.7 Å². The van der Waals surface area contributed by atoms with Gasteiger partial charge < -0.3 is 10.0 Å². The molecule has 1 fully saturated rings. The highest BCUT2D eigenvalue weighted by molar-refractivity contribution is 6.05. The average molecular weight is 389 g/mol. The molecule has 154 valence electrons. The molecule has 6 heteroatoms. The van der Waals surface area contributed by atoms with Crippen LogP contribution < -0.4 is 0 Å². The van der Waals surface area contributed by atoms with Gasteiger partial charge in [-0.25, -0.2) is 4.79 Å². The van der Waals surface area contributed by atoms with Crippen LogP contribution in [0.3, 0.4) is 0 Å². The van der Waals surface area contributed by atoms with Crippen LogP contribution in [0.1, 0.15) is 64.2 Å². The molecule has 6 nitrogen and oxygen atoms in total. The van der Waals surface area contributed by atoms with Gasteiger partial charge in [-0.2, -0.15) is 0 Å². The number of benzene rings is 1. The Balaban J connectivity index is 2.36. The van der Waals surface area contributed by atoms with E-state index in [0.29, 0.717) is 13.1 Å². The smallest absolute Gasteiger partial charge is 0.326 e. The van der Waals surface area contributed by atoms with Gasteiger partial charge >= 0.3 is 6.03 Å². The lowest BCUT2D eigenvalue weighted by molar-refractivity contribution is -0.135. The molecule has 1 saturated heterocycles. The molecule has 1 aromatic rings.